The van der Waals surface area contributed by atoms with E-state index >= 15 is 0 Å². The number of nitrogens with one attached hydrogen (secondary N) is 1. The SMILES string of the molecule is C=C(C)CNC(=O)COc1ccc(Cl)cc1Cl. The molecule has 1 aromatic carbocycles. The Balaban J connectivity index is 2.44. The summed E-state index contributed by atoms with van der Waals surface area (Å²) in [4.78, 5) is 11.4. The van der Waals surface area contributed by atoms with E-state index in [4.69, 9.17) is 27.9 Å². The number of hydrogen-bond acceptors (Lipinski definition) is 2. The van der Waals surface area contributed by atoms with E-state index in [1.54, 1.807) is 18.2 Å². The third-order valence-electron chi connectivity index (χ3n) is 1.84. The highest BCUT2D eigenvalue weighted by Crippen LogP contribution is 2.27. The highest BCUT2D eigenvalue weighted by atomic mass is 35.5. The van der Waals surface area contributed by atoms with E-state index in [1.165, 1.54) is 0 Å². The lowest BCUT2D eigenvalue weighted by atomic mass is 10.3. The van der Waals surface area contributed by atoms with Gasteiger partial charge in [-0.2, -0.15) is 0 Å². The number of benzene rings is 1. The minimum absolute atomic E-state index is 0.0887. The van der Waals surface area contributed by atoms with Crippen molar-refractivity contribution in [3.63, 3.8) is 0 Å². The van der Waals surface area contributed by atoms with Crippen LogP contribution in [0.1, 0.15) is 6.92 Å². The van der Waals surface area contributed by atoms with Crippen molar-refractivity contribution in [1.82, 2.24) is 5.32 Å². The molecule has 0 heterocycles. The maximum absolute atomic E-state index is 11.4. The maximum Gasteiger partial charge on any atom is 0.258 e. The molecular weight excluding hydrogens is 261 g/mol. The van der Waals surface area contributed by atoms with Gasteiger partial charge in [0.05, 0.1) is 5.02 Å². The van der Waals surface area contributed by atoms with Crippen molar-refractivity contribution in [1.29, 1.82) is 0 Å². The molecule has 0 atom stereocenters. The van der Waals surface area contributed by atoms with Gasteiger partial charge in [-0.1, -0.05) is 35.4 Å². The molecule has 1 aromatic rings. The number of halogens is 2. The van der Waals surface area contributed by atoms with Crippen LogP contribution >= 0.6 is 23.2 Å². The van der Waals surface area contributed by atoms with Gasteiger partial charge in [0.1, 0.15) is 5.75 Å². The monoisotopic (exact) mass is 273 g/mol. The molecule has 1 amide bonds. The van der Waals surface area contributed by atoms with Crippen LogP contribution in [0.4, 0.5) is 0 Å². The Morgan fingerprint density at radius 2 is 2.18 bits per heavy atom. The summed E-state index contributed by atoms with van der Waals surface area (Å²) in [5.74, 6) is 0.209. The van der Waals surface area contributed by atoms with Gasteiger partial charge >= 0.3 is 0 Å². The van der Waals surface area contributed by atoms with Crippen LogP contribution in [-0.4, -0.2) is 19.1 Å². The van der Waals surface area contributed by atoms with E-state index < -0.39 is 0 Å². The van der Waals surface area contributed by atoms with Gasteiger partial charge in [0.15, 0.2) is 6.61 Å². The van der Waals surface area contributed by atoms with Crippen molar-refractivity contribution >= 4 is 29.1 Å². The summed E-state index contributed by atoms with van der Waals surface area (Å²) < 4.78 is 5.25. The summed E-state index contributed by atoms with van der Waals surface area (Å²) in [6.45, 7) is 5.86. The first-order valence-electron chi connectivity index (χ1n) is 4.98. The molecule has 92 valence electrons. The smallest absolute Gasteiger partial charge is 0.258 e. The molecule has 5 heteroatoms. The molecule has 3 nitrogen and oxygen atoms in total. The fourth-order valence-corrected chi connectivity index (χ4v) is 1.50. The largest absolute Gasteiger partial charge is 0.482 e. The number of ether oxygens (including phenoxy) is 1. The van der Waals surface area contributed by atoms with Gasteiger partial charge < -0.3 is 10.1 Å². The van der Waals surface area contributed by atoms with Gasteiger partial charge in [-0.15, -0.1) is 0 Å². The highest BCUT2D eigenvalue weighted by Gasteiger charge is 2.05. The van der Waals surface area contributed by atoms with Crippen molar-refractivity contribution in [2.75, 3.05) is 13.2 Å². The van der Waals surface area contributed by atoms with Crippen LogP contribution in [0.15, 0.2) is 30.4 Å². The number of hydrogen-bond donors (Lipinski definition) is 1. The Morgan fingerprint density at radius 3 is 2.76 bits per heavy atom. The van der Waals surface area contributed by atoms with Gasteiger partial charge in [-0.25, -0.2) is 0 Å². The Hall–Kier alpha value is -1.19. The predicted molar refractivity (Wildman–Crippen MR) is 69.8 cm³/mol. The zero-order valence-electron chi connectivity index (χ0n) is 9.43. The lowest BCUT2D eigenvalue weighted by Crippen LogP contribution is -2.30. The quantitative estimate of drug-likeness (QED) is 0.838. The van der Waals surface area contributed by atoms with Crippen molar-refractivity contribution in [3.05, 3.63) is 40.4 Å². The van der Waals surface area contributed by atoms with Crippen molar-refractivity contribution in [2.45, 2.75) is 6.92 Å². The molecule has 0 aliphatic heterocycles. The first kappa shape index (κ1) is 13.9. The molecule has 0 aliphatic rings. The van der Waals surface area contributed by atoms with Crippen molar-refractivity contribution in [3.8, 4) is 5.75 Å². The third kappa shape index (κ3) is 5.11. The predicted octanol–water partition coefficient (Wildman–Crippen LogP) is 3.06. The second kappa shape index (κ2) is 6.52. The summed E-state index contributed by atoms with van der Waals surface area (Å²) in [5, 5.41) is 3.55. The van der Waals surface area contributed by atoms with E-state index in [0.29, 0.717) is 22.3 Å². The topological polar surface area (TPSA) is 38.3 Å². The van der Waals surface area contributed by atoms with Gasteiger partial charge in [0, 0.05) is 11.6 Å². The Bertz CT molecular complexity index is 433. The minimum Gasteiger partial charge on any atom is -0.482 e. The number of amides is 1. The molecule has 0 unspecified atom stereocenters. The first-order valence-corrected chi connectivity index (χ1v) is 5.73. The molecule has 0 saturated carbocycles. The fraction of sp³-hybridized carbons (Fsp3) is 0.250. The molecule has 1 N–H and O–H groups in total. The lowest BCUT2D eigenvalue weighted by molar-refractivity contribution is -0.122. The second-order valence-electron chi connectivity index (χ2n) is 3.60. The van der Waals surface area contributed by atoms with Crippen LogP contribution in [-0.2, 0) is 4.79 Å². The molecule has 0 fully saturated rings. The molecule has 0 aliphatic carbocycles. The average molecular weight is 274 g/mol. The molecule has 0 aromatic heterocycles. The van der Waals surface area contributed by atoms with Crippen molar-refractivity contribution < 1.29 is 9.53 Å². The third-order valence-corrected chi connectivity index (χ3v) is 2.37. The van der Waals surface area contributed by atoms with Crippen LogP contribution in [0.25, 0.3) is 0 Å². The summed E-state index contributed by atoms with van der Waals surface area (Å²) in [6.07, 6.45) is 0. The van der Waals surface area contributed by atoms with Crippen LogP contribution in [0.3, 0.4) is 0 Å². The molecule has 0 bridgehead atoms. The Morgan fingerprint density at radius 1 is 1.47 bits per heavy atom. The maximum atomic E-state index is 11.4. The normalized spacial score (nSPS) is 9.82. The summed E-state index contributed by atoms with van der Waals surface area (Å²) in [6, 6.07) is 4.83. The van der Waals surface area contributed by atoms with Gasteiger partial charge in [0.25, 0.3) is 5.91 Å². The summed E-state index contributed by atoms with van der Waals surface area (Å²) >= 11 is 11.6. The Labute approximate surface area is 110 Å². The van der Waals surface area contributed by atoms with Crippen LogP contribution in [0.2, 0.25) is 10.0 Å². The molecule has 17 heavy (non-hydrogen) atoms. The van der Waals surface area contributed by atoms with Gasteiger partial charge in [-0.05, 0) is 25.1 Å². The van der Waals surface area contributed by atoms with Gasteiger partial charge in [-0.3, -0.25) is 4.79 Å². The zero-order chi connectivity index (χ0) is 12.8. The molecule has 0 saturated heterocycles. The van der Waals surface area contributed by atoms with E-state index in [0.717, 1.165) is 5.57 Å². The molecular formula is C12H13Cl2NO2. The van der Waals surface area contributed by atoms with Crippen LogP contribution in [0.5, 0.6) is 5.75 Å². The number of carbonyl (C=O) groups is 1. The van der Waals surface area contributed by atoms with E-state index in [1.807, 2.05) is 6.92 Å². The number of rotatable bonds is 5. The standard InChI is InChI=1S/C12H13Cl2NO2/c1-8(2)6-15-12(16)7-17-11-4-3-9(13)5-10(11)14/h3-5H,1,6-7H2,2H3,(H,15,16). The van der Waals surface area contributed by atoms with Crippen LogP contribution < -0.4 is 10.1 Å². The van der Waals surface area contributed by atoms with E-state index in [-0.39, 0.29) is 12.5 Å². The number of carbonyl (C=O) groups excluding carboxylic acids is 1. The zero-order valence-corrected chi connectivity index (χ0v) is 10.9. The highest BCUT2D eigenvalue weighted by molar-refractivity contribution is 6.35. The van der Waals surface area contributed by atoms with Crippen molar-refractivity contribution in [2.24, 2.45) is 0 Å². The minimum atomic E-state index is -0.223. The Kier molecular flexibility index (Phi) is 5.32. The summed E-state index contributed by atoms with van der Waals surface area (Å²) in [7, 11) is 0. The van der Waals surface area contributed by atoms with E-state index in [2.05, 4.69) is 11.9 Å². The molecule has 0 spiro atoms. The molecule has 0 radical (unpaired) electrons. The lowest BCUT2D eigenvalue weighted by Gasteiger charge is -2.08. The second-order valence-corrected chi connectivity index (χ2v) is 4.44. The summed E-state index contributed by atoms with van der Waals surface area (Å²) in [5.41, 5.74) is 0.878. The van der Waals surface area contributed by atoms with Crippen LogP contribution in [0, 0.1) is 0 Å². The fourth-order valence-electron chi connectivity index (χ4n) is 1.04. The van der Waals surface area contributed by atoms with Gasteiger partial charge in [0.2, 0.25) is 0 Å². The average Bonchev–Trinajstić information content (AvgIpc) is 2.25. The first-order chi connectivity index (χ1) is 7.99. The van der Waals surface area contributed by atoms with E-state index in [9.17, 15) is 4.79 Å². The molecule has 1 rings (SSSR count).